The summed E-state index contributed by atoms with van der Waals surface area (Å²) in [7, 11) is 1.81. The van der Waals surface area contributed by atoms with Gasteiger partial charge in [0.25, 0.3) is 0 Å². The Morgan fingerprint density at radius 3 is 2.72 bits per heavy atom. The van der Waals surface area contributed by atoms with Crippen LogP contribution in [0.4, 0.5) is 0 Å². The minimum absolute atomic E-state index is 0.212. The van der Waals surface area contributed by atoms with Crippen LogP contribution in [0.2, 0.25) is 0 Å². The zero-order valence-corrected chi connectivity index (χ0v) is 11.2. The van der Waals surface area contributed by atoms with Crippen molar-refractivity contribution in [1.82, 2.24) is 15.1 Å². The lowest BCUT2D eigenvalue weighted by atomic mass is 9.98. The highest BCUT2D eigenvalue weighted by atomic mass is 16.3. The third-order valence-corrected chi connectivity index (χ3v) is 3.17. The molecule has 100 valence electrons. The number of nitrogens with one attached hydrogen (secondary N) is 1. The molecule has 0 aromatic carbocycles. The van der Waals surface area contributed by atoms with E-state index in [9.17, 15) is 9.90 Å². The Bertz CT molecular complexity index is 420. The summed E-state index contributed by atoms with van der Waals surface area (Å²) in [4.78, 5) is 11.6. The summed E-state index contributed by atoms with van der Waals surface area (Å²) in [5.41, 5.74) is 0.0436. The number of aryl methyl sites for hydroxylation is 1. The van der Waals surface area contributed by atoms with E-state index in [2.05, 4.69) is 10.4 Å². The van der Waals surface area contributed by atoms with E-state index in [-0.39, 0.29) is 12.5 Å². The van der Waals surface area contributed by atoms with Gasteiger partial charge in [-0.15, -0.1) is 0 Å². The third kappa shape index (κ3) is 4.00. The third-order valence-electron chi connectivity index (χ3n) is 3.17. The van der Waals surface area contributed by atoms with Crippen molar-refractivity contribution in [2.24, 2.45) is 7.05 Å². The van der Waals surface area contributed by atoms with E-state index in [1.807, 2.05) is 27.0 Å². The van der Waals surface area contributed by atoms with Crippen molar-refractivity contribution in [2.45, 2.75) is 32.3 Å². The van der Waals surface area contributed by atoms with Crippen molar-refractivity contribution in [2.75, 3.05) is 6.54 Å². The largest absolute Gasteiger partial charge is 0.388 e. The van der Waals surface area contributed by atoms with E-state index in [1.54, 1.807) is 17.0 Å². The van der Waals surface area contributed by atoms with Gasteiger partial charge in [0, 0.05) is 25.9 Å². The first-order chi connectivity index (χ1) is 8.50. The van der Waals surface area contributed by atoms with Crippen molar-refractivity contribution >= 4 is 12.0 Å². The van der Waals surface area contributed by atoms with Gasteiger partial charge in [-0.25, -0.2) is 0 Å². The van der Waals surface area contributed by atoms with Crippen LogP contribution in [0.15, 0.2) is 18.3 Å². The van der Waals surface area contributed by atoms with Gasteiger partial charge < -0.3 is 10.4 Å². The molecule has 0 saturated heterocycles. The smallest absolute Gasteiger partial charge is 0.244 e. The second-order valence-corrected chi connectivity index (χ2v) is 4.36. The Kier molecular flexibility index (Phi) is 5.09. The predicted molar refractivity (Wildman–Crippen MR) is 70.8 cm³/mol. The van der Waals surface area contributed by atoms with E-state index in [1.165, 1.54) is 6.08 Å². The van der Waals surface area contributed by atoms with Gasteiger partial charge >= 0.3 is 0 Å². The van der Waals surface area contributed by atoms with Gasteiger partial charge in [-0.05, 0) is 25.0 Å². The molecule has 0 aliphatic carbocycles. The lowest BCUT2D eigenvalue weighted by Gasteiger charge is -2.24. The Balaban J connectivity index is 2.48. The molecule has 0 bridgehead atoms. The van der Waals surface area contributed by atoms with Crippen LogP contribution in [-0.4, -0.2) is 32.9 Å². The molecule has 0 unspecified atom stereocenters. The molecule has 1 rings (SSSR count). The fourth-order valence-corrected chi connectivity index (χ4v) is 1.52. The standard InChI is InChI=1S/C13H21N3O2/c1-4-13(18,5-2)10-14-12(17)7-6-11-8-9-15-16(11)3/h6-9,18H,4-5,10H2,1-3H3,(H,14,17). The molecular weight excluding hydrogens is 230 g/mol. The number of hydrogen-bond donors (Lipinski definition) is 2. The molecule has 0 saturated carbocycles. The average Bonchev–Trinajstić information content (AvgIpc) is 2.79. The number of rotatable bonds is 6. The van der Waals surface area contributed by atoms with Gasteiger partial charge in [-0.2, -0.15) is 5.10 Å². The molecule has 5 heteroatoms. The maximum absolute atomic E-state index is 11.6. The second-order valence-electron chi connectivity index (χ2n) is 4.36. The highest BCUT2D eigenvalue weighted by Crippen LogP contribution is 2.12. The average molecular weight is 251 g/mol. The van der Waals surface area contributed by atoms with Gasteiger partial charge in [0.2, 0.25) is 5.91 Å². The number of aliphatic hydroxyl groups is 1. The zero-order chi connectivity index (χ0) is 13.6. The van der Waals surface area contributed by atoms with Crippen molar-refractivity contribution in [1.29, 1.82) is 0 Å². The summed E-state index contributed by atoms with van der Waals surface area (Å²) in [6.45, 7) is 4.08. The zero-order valence-electron chi connectivity index (χ0n) is 11.2. The molecule has 1 aromatic rings. The minimum atomic E-state index is -0.809. The molecule has 18 heavy (non-hydrogen) atoms. The molecule has 1 aromatic heterocycles. The summed E-state index contributed by atoms with van der Waals surface area (Å²) in [6, 6.07) is 1.82. The van der Waals surface area contributed by atoms with Gasteiger partial charge in [-0.3, -0.25) is 9.48 Å². The minimum Gasteiger partial charge on any atom is -0.388 e. The Morgan fingerprint density at radius 2 is 2.22 bits per heavy atom. The fraction of sp³-hybridized carbons (Fsp3) is 0.538. The predicted octanol–water partition coefficient (Wildman–Crippen LogP) is 1.10. The molecule has 2 N–H and O–H groups in total. The summed E-state index contributed by atoms with van der Waals surface area (Å²) in [6.07, 6.45) is 6.05. The van der Waals surface area contributed by atoms with Gasteiger partial charge in [0.1, 0.15) is 0 Å². The first kappa shape index (κ1) is 14.4. The first-order valence-corrected chi connectivity index (χ1v) is 6.17. The maximum Gasteiger partial charge on any atom is 0.244 e. The molecule has 0 fully saturated rings. The van der Waals surface area contributed by atoms with E-state index >= 15 is 0 Å². The molecular formula is C13H21N3O2. The van der Waals surface area contributed by atoms with Crippen LogP contribution in [0, 0.1) is 0 Å². The van der Waals surface area contributed by atoms with Gasteiger partial charge in [0.05, 0.1) is 11.3 Å². The Hall–Kier alpha value is -1.62. The highest BCUT2D eigenvalue weighted by molar-refractivity contribution is 5.91. The number of aromatic nitrogens is 2. The molecule has 0 radical (unpaired) electrons. The highest BCUT2D eigenvalue weighted by Gasteiger charge is 2.22. The topological polar surface area (TPSA) is 67.2 Å². The maximum atomic E-state index is 11.6. The lowest BCUT2D eigenvalue weighted by Crippen LogP contribution is -2.41. The van der Waals surface area contributed by atoms with Gasteiger partial charge in [0.15, 0.2) is 0 Å². The monoisotopic (exact) mass is 251 g/mol. The number of hydrogen-bond acceptors (Lipinski definition) is 3. The lowest BCUT2D eigenvalue weighted by molar-refractivity contribution is -0.117. The number of amides is 1. The quantitative estimate of drug-likeness (QED) is 0.744. The summed E-state index contributed by atoms with van der Waals surface area (Å²) < 4.78 is 1.68. The van der Waals surface area contributed by atoms with Gasteiger partial charge in [-0.1, -0.05) is 13.8 Å². The number of carbonyl (C=O) groups excluding carboxylic acids is 1. The van der Waals surface area contributed by atoms with Crippen molar-refractivity contribution in [3.05, 3.63) is 24.0 Å². The molecule has 0 aliphatic rings. The van der Waals surface area contributed by atoms with Crippen LogP contribution in [0.25, 0.3) is 6.08 Å². The van der Waals surface area contributed by atoms with E-state index in [0.29, 0.717) is 12.8 Å². The van der Waals surface area contributed by atoms with E-state index in [4.69, 9.17) is 0 Å². The molecule has 0 atom stereocenters. The summed E-state index contributed by atoms with van der Waals surface area (Å²) in [5, 5.41) is 16.7. The van der Waals surface area contributed by atoms with E-state index < -0.39 is 5.60 Å². The van der Waals surface area contributed by atoms with Crippen molar-refractivity contribution < 1.29 is 9.90 Å². The second kappa shape index (κ2) is 6.35. The number of nitrogens with zero attached hydrogens (tertiary/aromatic N) is 2. The fourth-order valence-electron chi connectivity index (χ4n) is 1.52. The number of carbonyl (C=O) groups is 1. The van der Waals surface area contributed by atoms with Crippen LogP contribution in [-0.2, 0) is 11.8 Å². The molecule has 1 heterocycles. The normalized spacial score (nSPS) is 12.0. The van der Waals surface area contributed by atoms with E-state index in [0.717, 1.165) is 5.69 Å². The van der Waals surface area contributed by atoms with Crippen molar-refractivity contribution in [3.63, 3.8) is 0 Å². The Labute approximate surface area is 108 Å². The summed E-state index contributed by atoms with van der Waals surface area (Å²) >= 11 is 0. The van der Waals surface area contributed by atoms with Crippen LogP contribution >= 0.6 is 0 Å². The molecule has 5 nitrogen and oxygen atoms in total. The molecule has 0 aliphatic heterocycles. The summed E-state index contributed by atoms with van der Waals surface area (Å²) in [5.74, 6) is -0.212. The molecule has 0 spiro atoms. The SMILES string of the molecule is CCC(O)(CC)CNC(=O)C=Cc1ccnn1C. The van der Waals surface area contributed by atoms with Crippen LogP contribution in [0.1, 0.15) is 32.4 Å². The Morgan fingerprint density at radius 1 is 1.56 bits per heavy atom. The van der Waals surface area contributed by atoms with Crippen LogP contribution in [0.5, 0.6) is 0 Å². The first-order valence-electron chi connectivity index (χ1n) is 6.17. The van der Waals surface area contributed by atoms with Crippen molar-refractivity contribution in [3.8, 4) is 0 Å². The van der Waals surface area contributed by atoms with Crippen LogP contribution < -0.4 is 5.32 Å². The van der Waals surface area contributed by atoms with Crippen LogP contribution in [0.3, 0.4) is 0 Å². The molecule has 1 amide bonds.